The van der Waals surface area contributed by atoms with Crippen molar-refractivity contribution in [2.75, 3.05) is 7.11 Å². The molecule has 0 saturated carbocycles. The SMILES string of the molecule is C#CCC(NS(=O)(=O)c1ccc(C)cc1)c1cc(F)cc(F)c1OC. The molecule has 0 aliphatic heterocycles. The molecule has 1 N–H and O–H groups in total. The lowest BCUT2D eigenvalue weighted by Crippen LogP contribution is -2.29. The minimum atomic E-state index is -3.94. The molecule has 0 saturated heterocycles. The Kier molecular flexibility index (Phi) is 5.77. The van der Waals surface area contributed by atoms with Gasteiger partial charge in [-0.2, -0.15) is 0 Å². The van der Waals surface area contributed by atoms with Gasteiger partial charge in [-0.3, -0.25) is 0 Å². The van der Waals surface area contributed by atoms with E-state index in [0.29, 0.717) is 6.07 Å². The third kappa shape index (κ3) is 4.35. The number of terminal acetylenes is 1. The molecule has 0 amide bonds. The van der Waals surface area contributed by atoms with Crippen molar-refractivity contribution >= 4 is 10.0 Å². The summed E-state index contributed by atoms with van der Waals surface area (Å²) in [6, 6.07) is 6.78. The van der Waals surface area contributed by atoms with Crippen molar-refractivity contribution in [3.8, 4) is 18.1 Å². The van der Waals surface area contributed by atoms with Gasteiger partial charge in [0.15, 0.2) is 11.6 Å². The highest BCUT2D eigenvalue weighted by Gasteiger charge is 2.25. The van der Waals surface area contributed by atoms with Crippen LogP contribution in [0.1, 0.15) is 23.6 Å². The quantitative estimate of drug-likeness (QED) is 0.799. The average Bonchev–Trinajstić information content (AvgIpc) is 2.54. The molecule has 0 radical (unpaired) electrons. The van der Waals surface area contributed by atoms with Crippen LogP contribution in [0.2, 0.25) is 0 Å². The van der Waals surface area contributed by atoms with Crippen LogP contribution in [0.3, 0.4) is 0 Å². The lowest BCUT2D eigenvalue weighted by molar-refractivity contribution is 0.373. The molecule has 132 valence electrons. The number of benzene rings is 2. The number of ether oxygens (including phenoxy) is 1. The van der Waals surface area contributed by atoms with Crippen molar-refractivity contribution in [3.63, 3.8) is 0 Å². The van der Waals surface area contributed by atoms with E-state index in [2.05, 4.69) is 10.6 Å². The predicted molar refractivity (Wildman–Crippen MR) is 90.6 cm³/mol. The number of rotatable bonds is 6. The van der Waals surface area contributed by atoms with Crippen molar-refractivity contribution in [3.05, 3.63) is 59.2 Å². The number of aryl methyl sites for hydroxylation is 1. The van der Waals surface area contributed by atoms with Crippen LogP contribution in [-0.2, 0) is 10.0 Å². The third-order valence-corrected chi connectivity index (χ3v) is 5.05. The predicted octanol–water partition coefficient (Wildman–Crippen LogP) is 3.32. The lowest BCUT2D eigenvalue weighted by atomic mass is 10.0. The molecule has 1 atom stereocenters. The van der Waals surface area contributed by atoms with E-state index in [1.807, 2.05) is 6.92 Å². The summed E-state index contributed by atoms with van der Waals surface area (Å²) in [5.41, 5.74) is 0.890. The Morgan fingerprint density at radius 2 is 1.88 bits per heavy atom. The fourth-order valence-electron chi connectivity index (χ4n) is 2.36. The van der Waals surface area contributed by atoms with Crippen molar-refractivity contribution in [1.82, 2.24) is 4.72 Å². The number of nitrogens with one attached hydrogen (secondary N) is 1. The Balaban J connectivity index is 2.46. The maximum absolute atomic E-state index is 13.9. The van der Waals surface area contributed by atoms with E-state index in [1.165, 1.54) is 19.2 Å². The van der Waals surface area contributed by atoms with Crippen molar-refractivity contribution < 1.29 is 21.9 Å². The minimum Gasteiger partial charge on any atom is -0.493 e. The summed E-state index contributed by atoms with van der Waals surface area (Å²) in [6.45, 7) is 1.82. The molecule has 0 aliphatic rings. The molecule has 0 fully saturated rings. The highest BCUT2D eigenvalue weighted by atomic mass is 32.2. The first-order chi connectivity index (χ1) is 11.8. The Morgan fingerprint density at radius 3 is 2.44 bits per heavy atom. The molecule has 0 bridgehead atoms. The maximum atomic E-state index is 13.9. The Bertz CT molecular complexity index is 903. The highest BCUT2D eigenvalue weighted by Crippen LogP contribution is 2.32. The average molecular weight is 365 g/mol. The molecular formula is C18H17F2NO3S. The van der Waals surface area contributed by atoms with Crippen molar-refractivity contribution in [1.29, 1.82) is 0 Å². The van der Waals surface area contributed by atoms with Gasteiger partial charge in [0.2, 0.25) is 10.0 Å². The summed E-state index contributed by atoms with van der Waals surface area (Å²) in [5.74, 6) is 0.263. The zero-order chi connectivity index (χ0) is 18.6. The van der Waals surface area contributed by atoms with Gasteiger partial charge in [-0.05, 0) is 25.1 Å². The van der Waals surface area contributed by atoms with E-state index in [0.717, 1.165) is 11.6 Å². The van der Waals surface area contributed by atoms with Crippen LogP contribution in [0.15, 0.2) is 41.3 Å². The van der Waals surface area contributed by atoms with Crippen LogP contribution in [0, 0.1) is 30.9 Å². The van der Waals surface area contributed by atoms with Gasteiger partial charge in [-0.1, -0.05) is 17.7 Å². The molecular weight excluding hydrogens is 348 g/mol. The van der Waals surface area contributed by atoms with E-state index < -0.39 is 27.7 Å². The van der Waals surface area contributed by atoms with E-state index in [1.54, 1.807) is 12.1 Å². The molecule has 4 nitrogen and oxygen atoms in total. The van der Waals surface area contributed by atoms with Gasteiger partial charge in [-0.15, -0.1) is 12.3 Å². The summed E-state index contributed by atoms with van der Waals surface area (Å²) in [7, 11) is -2.73. The maximum Gasteiger partial charge on any atom is 0.241 e. The van der Waals surface area contributed by atoms with Crippen LogP contribution in [-0.4, -0.2) is 15.5 Å². The summed E-state index contributed by atoms with van der Waals surface area (Å²) < 4.78 is 60.0. The molecule has 7 heteroatoms. The van der Waals surface area contributed by atoms with Gasteiger partial charge in [0, 0.05) is 18.1 Å². The van der Waals surface area contributed by atoms with Crippen LogP contribution in [0.4, 0.5) is 8.78 Å². The largest absolute Gasteiger partial charge is 0.493 e. The summed E-state index contributed by atoms with van der Waals surface area (Å²) in [5, 5.41) is 0. The third-order valence-electron chi connectivity index (χ3n) is 3.57. The zero-order valence-corrected chi connectivity index (χ0v) is 14.5. The first kappa shape index (κ1) is 18.9. The number of methoxy groups -OCH3 is 1. The second-order valence-electron chi connectivity index (χ2n) is 5.41. The molecule has 0 spiro atoms. The second-order valence-corrected chi connectivity index (χ2v) is 7.12. The molecule has 2 rings (SSSR count). The normalized spacial score (nSPS) is 12.4. The van der Waals surface area contributed by atoms with Gasteiger partial charge in [0.25, 0.3) is 0 Å². The fraction of sp³-hybridized carbons (Fsp3) is 0.222. The van der Waals surface area contributed by atoms with Crippen molar-refractivity contribution in [2.45, 2.75) is 24.3 Å². The smallest absolute Gasteiger partial charge is 0.241 e. The van der Waals surface area contributed by atoms with Gasteiger partial charge in [0.1, 0.15) is 5.82 Å². The highest BCUT2D eigenvalue weighted by molar-refractivity contribution is 7.89. The summed E-state index contributed by atoms with van der Waals surface area (Å²) >= 11 is 0. The number of hydrogen-bond acceptors (Lipinski definition) is 3. The number of hydrogen-bond donors (Lipinski definition) is 1. The molecule has 0 aliphatic carbocycles. The Morgan fingerprint density at radius 1 is 1.24 bits per heavy atom. The van der Waals surface area contributed by atoms with Gasteiger partial charge < -0.3 is 4.74 Å². The van der Waals surface area contributed by atoms with E-state index in [4.69, 9.17) is 11.2 Å². The molecule has 25 heavy (non-hydrogen) atoms. The van der Waals surface area contributed by atoms with Gasteiger partial charge >= 0.3 is 0 Å². The molecule has 2 aromatic carbocycles. The second kappa shape index (κ2) is 7.64. The molecule has 2 aromatic rings. The standard InChI is InChI=1S/C18H17F2NO3S/c1-4-5-17(15-10-13(19)11-16(20)18(15)24-3)21-25(22,23)14-8-6-12(2)7-9-14/h1,6-11,17,21H,5H2,2-3H3. The Labute approximate surface area is 145 Å². The summed E-state index contributed by atoms with van der Waals surface area (Å²) in [6.07, 6.45) is 5.19. The first-order valence-electron chi connectivity index (χ1n) is 7.34. The van der Waals surface area contributed by atoms with Gasteiger partial charge in [0.05, 0.1) is 18.0 Å². The fourth-order valence-corrected chi connectivity index (χ4v) is 3.58. The van der Waals surface area contributed by atoms with Crippen molar-refractivity contribution in [2.24, 2.45) is 0 Å². The topological polar surface area (TPSA) is 55.4 Å². The van der Waals surface area contributed by atoms with E-state index in [-0.39, 0.29) is 22.6 Å². The summed E-state index contributed by atoms with van der Waals surface area (Å²) in [4.78, 5) is 0.0240. The number of halogens is 2. The molecule has 0 heterocycles. The van der Waals surface area contributed by atoms with E-state index >= 15 is 0 Å². The number of sulfonamides is 1. The van der Waals surface area contributed by atoms with Gasteiger partial charge in [-0.25, -0.2) is 21.9 Å². The van der Waals surface area contributed by atoms with Crippen LogP contribution >= 0.6 is 0 Å². The minimum absolute atomic E-state index is 0.00589. The Hall–Kier alpha value is -2.43. The van der Waals surface area contributed by atoms with Crippen LogP contribution in [0.25, 0.3) is 0 Å². The van der Waals surface area contributed by atoms with Crippen LogP contribution < -0.4 is 9.46 Å². The molecule has 1 unspecified atom stereocenters. The zero-order valence-electron chi connectivity index (χ0n) is 13.7. The first-order valence-corrected chi connectivity index (χ1v) is 8.82. The monoisotopic (exact) mass is 365 g/mol. The van der Waals surface area contributed by atoms with E-state index in [9.17, 15) is 17.2 Å². The lowest BCUT2D eigenvalue weighted by Gasteiger charge is -2.20. The molecule has 0 aromatic heterocycles. The van der Waals surface area contributed by atoms with Crippen LogP contribution in [0.5, 0.6) is 5.75 Å².